The van der Waals surface area contributed by atoms with E-state index in [1.165, 1.54) is 5.56 Å². The van der Waals surface area contributed by atoms with Crippen LogP contribution in [0.2, 0.25) is 0 Å². The SMILES string of the molecule is COc1ccc2[nH]cc(CCNC(=O)CCCN)c2c1.O=C([O-])C(O)C(O)C(=O)[O-]. The van der Waals surface area contributed by atoms with Crippen LogP contribution in [0.1, 0.15) is 18.4 Å². The molecule has 11 nitrogen and oxygen atoms in total. The number of aromatic amines is 1. The number of aliphatic carboxylic acids is 2. The van der Waals surface area contributed by atoms with Gasteiger partial charge in [0.1, 0.15) is 18.0 Å². The van der Waals surface area contributed by atoms with Crippen LogP contribution < -0.4 is 26.0 Å². The van der Waals surface area contributed by atoms with Crippen molar-refractivity contribution in [3.8, 4) is 5.75 Å². The number of hydrogen-bond donors (Lipinski definition) is 5. The molecule has 1 heterocycles. The molecule has 0 saturated heterocycles. The van der Waals surface area contributed by atoms with E-state index in [2.05, 4.69) is 10.3 Å². The zero-order valence-electron chi connectivity index (χ0n) is 16.4. The lowest BCUT2D eigenvalue weighted by Gasteiger charge is -2.18. The fourth-order valence-corrected chi connectivity index (χ4v) is 2.44. The average Bonchev–Trinajstić information content (AvgIpc) is 3.13. The monoisotopic (exact) mass is 423 g/mol. The minimum absolute atomic E-state index is 0.0628. The van der Waals surface area contributed by atoms with Gasteiger partial charge in [-0.2, -0.15) is 0 Å². The summed E-state index contributed by atoms with van der Waals surface area (Å²) >= 11 is 0. The number of nitrogens with two attached hydrogens (primary N) is 1. The highest BCUT2D eigenvalue weighted by atomic mass is 16.5. The first kappa shape index (κ1) is 24.9. The Morgan fingerprint density at radius 2 is 1.83 bits per heavy atom. The number of carbonyl (C=O) groups is 3. The summed E-state index contributed by atoms with van der Waals surface area (Å²) in [6.07, 6.45) is -0.874. The van der Waals surface area contributed by atoms with Crippen molar-refractivity contribution in [2.24, 2.45) is 5.73 Å². The third-order valence-electron chi connectivity index (χ3n) is 4.08. The molecule has 2 rings (SSSR count). The first-order valence-corrected chi connectivity index (χ1v) is 9.09. The summed E-state index contributed by atoms with van der Waals surface area (Å²) in [4.78, 5) is 34.0. The third-order valence-corrected chi connectivity index (χ3v) is 4.08. The number of amides is 1. The predicted octanol–water partition coefficient (Wildman–Crippen LogP) is -3.22. The molecule has 0 aliphatic heterocycles. The van der Waals surface area contributed by atoms with Crippen molar-refractivity contribution in [3.05, 3.63) is 30.0 Å². The molecule has 2 atom stereocenters. The van der Waals surface area contributed by atoms with Gasteiger partial charge in [0.25, 0.3) is 0 Å². The van der Waals surface area contributed by atoms with Crippen molar-refractivity contribution in [2.45, 2.75) is 31.5 Å². The van der Waals surface area contributed by atoms with E-state index in [0.29, 0.717) is 19.5 Å². The molecule has 2 unspecified atom stereocenters. The van der Waals surface area contributed by atoms with E-state index in [4.69, 9.17) is 20.7 Å². The van der Waals surface area contributed by atoms with Gasteiger partial charge in [0.15, 0.2) is 0 Å². The number of aliphatic hydroxyl groups excluding tert-OH is 2. The van der Waals surface area contributed by atoms with E-state index < -0.39 is 24.1 Å². The van der Waals surface area contributed by atoms with Crippen molar-refractivity contribution in [3.63, 3.8) is 0 Å². The first-order valence-electron chi connectivity index (χ1n) is 9.09. The molecule has 0 saturated carbocycles. The predicted molar refractivity (Wildman–Crippen MR) is 102 cm³/mol. The van der Waals surface area contributed by atoms with Crippen LogP contribution in [0.15, 0.2) is 24.4 Å². The molecular formula is C19H25N3O8-2. The number of nitrogens with one attached hydrogen (secondary N) is 2. The highest BCUT2D eigenvalue weighted by Gasteiger charge is 2.17. The molecule has 11 heteroatoms. The molecule has 166 valence electrons. The van der Waals surface area contributed by atoms with Gasteiger partial charge in [-0.25, -0.2) is 0 Å². The molecule has 0 aliphatic carbocycles. The maximum Gasteiger partial charge on any atom is 0.220 e. The maximum absolute atomic E-state index is 11.5. The topological polar surface area (TPSA) is 201 Å². The highest BCUT2D eigenvalue weighted by molar-refractivity contribution is 5.84. The molecule has 0 spiro atoms. The first-order chi connectivity index (χ1) is 14.2. The number of carboxylic acid groups (broad SMARTS) is 2. The molecule has 0 radical (unpaired) electrons. The Labute approximate surface area is 172 Å². The van der Waals surface area contributed by atoms with Gasteiger partial charge in [0, 0.05) is 30.1 Å². The van der Waals surface area contributed by atoms with E-state index in [-0.39, 0.29) is 5.91 Å². The van der Waals surface area contributed by atoms with Gasteiger partial charge < -0.3 is 50.8 Å². The quantitative estimate of drug-likeness (QED) is 0.261. The van der Waals surface area contributed by atoms with Crippen LogP contribution in [-0.2, 0) is 20.8 Å². The zero-order valence-corrected chi connectivity index (χ0v) is 16.4. The Hall–Kier alpha value is -3.15. The Morgan fingerprint density at radius 3 is 2.37 bits per heavy atom. The van der Waals surface area contributed by atoms with Gasteiger partial charge in [-0.3, -0.25) is 4.79 Å². The Kier molecular flexibility index (Phi) is 10.3. The number of aromatic nitrogens is 1. The number of methoxy groups -OCH3 is 1. The van der Waals surface area contributed by atoms with Crippen LogP contribution in [-0.4, -0.2) is 65.5 Å². The van der Waals surface area contributed by atoms with Crippen molar-refractivity contribution >= 4 is 28.7 Å². The minimum Gasteiger partial charge on any atom is -0.547 e. The van der Waals surface area contributed by atoms with Crippen LogP contribution >= 0.6 is 0 Å². The number of H-pyrrole nitrogens is 1. The smallest absolute Gasteiger partial charge is 0.220 e. The van der Waals surface area contributed by atoms with Crippen molar-refractivity contribution in [1.29, 1.82) is 0 Å². The summed E-state index contributed by atoms with van der Waals surface area (Å²) in [5.41, 5.74) is 7.63. The number of hydrogen-bond acceptors (Lipinski definition) is 9. The van der Waals surface area contributed by atoms with E-state index in [1.54, 1.807) is 7.11 Å². The van der Waals surface area contributed by atoms with Crippen LogP contribution in [0.4, 0.5) is 0 Å². The van der Waals surface area contributed by atoms with Crippen LogP contribution in [0.5, 0.6) is 5.75 Å². The number of carboxylic acids is 2. The molecule has 1 aromatic heterocycles. The second kappa shape index (κ2) is 12.4. The summed E-state index contributed by atoms with van der Waals surface area (Å²) in [6, 6.07) is 5.94. The largest absolute Gasteiger partial charge is 0.547 e. The molecule has 0 fully saturated rings. The molecule has 2 aromatic rings. The summed E-state index contributed by atoms with van der Waals surface area (Å²) in [5, 5.41) is 39.8. The van der Waals surface area contributed by atoms with Crippen molar-refractivity contribution in [2.75, 3.05) is 20.2 Å². The lowest BCUT2D eigenvalue weighted by atomic mass is 10.1. The number of aliphatic hydroxyl groups is 2. The number of benzene rings is 1. The van der Waals surface area contributed by atoms with E-state index in [9.17, 15) is 24.6 Å². The highest BCUT2D eigenvalue weighted by Crippen LogP contribution is 2.23. The summed E-state index contributed by atoms with van der Waals surface area (Å²) < 4.78 is 5.24. The summed E-state index contributed by atoms with van der Waals surface area (Å²) in [5.74, 6) is -3.22. The Balaban J connectivity index is 0.000000382. The number of carbonyl (C=O) groups excluding carboxylic acids is 3. The van der Waals surface area contributed by atoms with Gasteiger partial charge in [-0.05, 0) is 43.1 Å². The lowest BCUT2D eigenvalue weighted by Crippen LogP contribution is -2.51. The molecule has 6 N–H and O–H groups in total. The lowest BCUT2D eigenvalue weighted by molar-refractivity contribution is -0.333. The van der Waals surface area contributed by atoms with Gasteiger partial charge in [0.05, 0.1) is 19.0 Å². The summed E-state index contributed by atoms with van der Waals surface area (Å²) in [6.45, 7) is 1.18. The van der Waals surface area contributed by atoms with Gasteiger partial charge in [-0.1, -0.05) is 0 Å². The number of rotatable bonds is 10. The molecular weight excluding hydrogens is 398 g/mol. The summed E-state index contributed by atoms with van der Waals surface area (Å²) in [7, 11) is 1.66. The number of ether oxygens (including phenoxy) is 1. The van der Waals surface area contributed by atoms with Crippen LogP contribution in [0.25, 0.3) is 10.9 Å². The Morgan fingerprint density at radius 1 is 1.20 bits per heavy atom. The van der Waals surface area contributed by atoms with Gasteiger partial charge in [0.2, 0.25) is 5.91 Å². The maximum atomic E-state index is 11.5. The van der Waals surface area contributed by atoms with Gasteiger partial charge in [-0.15, -0.1) is 0 Å². The third kappa shape index (κ3) is 7.70. The molecule has 30 heavy (non-hydrogen) atoms. The van der Waals surface area contributed by atoms with Crippen molar-refractivity contribution < 1.29 is 39.5 Å². The van der Waals surface area contributed by atoms with Crippen LogP contribution in [0, 0.1) is 0 Å². The number of fused-ring (bicyclic) bond motifs is 1. The van der Waals surface area contributed by atoms with Gasteiger partial charge >= 0.3 is 0 Å². The van der Waals surface area contributed by atoms with E-state index in [0.717, 1.165) is 29.5 Å². The zero-order chi connectivity index (χ0) is 22.7. The minimum atomic E-state index is -2.44. The van der Waals surface area contributed by atoms with Crippen molar-refractivity contribution in [1.82, 2.24) is 10.3 Å². The Bertz CT molecular complexity index is 833. The molecule has 1 amide bonds. The molecule has 0 bridgehead atoms. The van der Waals surface area contributed by atoms with Crippen LogP contribution in [0.3, 0.4) is 0 Å². The second-order valence-corrected chi connectivity index (χ2v) is 6.25. The standard InChI is InChI=1S/C15H21N3O2.C4H6O6/c1-20-12-4-5-14-13(9-12)11(10-18-14)6-8-17-15(19)3-2-7-16;5-1(3(7)8)2(6)4(9)10/h4-5,9-10,18H,2-3,6-8,16H2,1H3,(H,17,19);1-2,5-6H,(H,7,8)(H,9,10)/p-2. The second-order valence-electron chi connectivity index (χ2n) is 6.25. The fourth-order valence-electron chi connectivity index (χ4n) is 2.44. The van der Waals surface area contributed by atoms with E-state index >= 15 is 0 Å². The molecule has 1 aromatic carbocycles. The fraction of sp³-hybridized carbons (Fsp3) is 0.421. The van der Waals surface area contributed by atoms with E-state index in [1.807, 2.05) is 24.4 Å². The average molecular weight is 423 g/mol. The molecule has 0 aliphatic rings. The normalized spacial score (nSPS) is 12.4.